The van der Waals surface area contributed by atoms with Crippen LogP contribution in [0.15, 0.2) is 42.0 Å². The number of hydrogen-bond acceptors (Lipinski definition) is 3. The number of esters is 1. The third kappa shape index (κ3) is 5.27. The zero-order chi connectivity index (χ0) is 15.9. The number of rotatable bonds is 4. The molecule has 0 heterocycles. The maximum atomic E-state index is 11.4. The number of hydrogen-bond donors (Lipinski definition) is 0. The highest BCUT2D eigenvalue weighted by molar-refractivity contribution is 5.93. The van der Waals surface area contributed by atoms with E-state index in [1.54, 1.807) is 13.0 Å². The van der Waals surface area contributed by atoms with Crippen molar-refractivity contribution in [3.05, 3.63) is 53.1 Å². The van der Waals surface area contributed by atoms with E-state index >= 15 is 0 Å². The normalized spacial score (nSPS) is 12.2. The predicted molar refractivity (Wildman–Crippen MR) is 84.5 cm³/mol. The predicted octanol–water partition coefficient (Wildman–Crippen LogP) is 4.01. The van der Waals surface area contributed by atoms with Gasteiger partial charge in [-0.3, -0.25) is 0 Å². The minimum Gasteiger partial charge on any atom is -0.462 e. The highest BCUT2D eigenvalue weighted by Gasteiger charge is 2.12. The van der Waals surface area contributed by atoms with Crippen LogP contribution in [0.2, 0.25) is 0 Å². The quantitative estimate of drug-likeness (QED) is 0.363. The topological polar surface area (TPSA) is 50.1 Å². The molecule has 0 radical (unpaired) electrons. The Morgan fingerprint density at radius 2 is 1.90 bits per heavy atom. The van der Waals surface area contributed by atoms with Gasteiger partial charge in [-0.25, -0.2) is 4.79 Å². The first-order valence-corrected chi connectivity index (χ1v) is 6.94. The van der Waals surface area contributed by atoms with Crippen LogP contribution < -0.4 is 0 Å². The van der Waals surface area contributed by atoms with E-state index in [0.717, 1.165) is 5.56 Å². The van der Waals surface area contributed by atoms with E-state index < -0.39 is 5.97 Å². The Kier molecular flexibility index (Phi) is 5.92. The number of carbonyl (C=O) groups excluding carboxylic acids is 1. The maximum Gasteiger partial charge on any atom is 0.348 e. The Bertz CT molecular complexity index is 581. The molecule has 0 aliphatic carbocycles. The fourth-order valence-electron chi connectivity index (χ4n) is 1.71. The molecule has 1 rings (SSSR count). The van der Waals surface area contributed by atoms with Crippen LogP contribution in [-0.4, -0.2) is 12.6 Å². The molecule has 1 aromatic carbocycles. The summed E-state index contributed by atoms with van der Waals surface area (Å²) >= 11 is 0. The van der Waals surface area contributed by atoms with Crippen molar-refractivity contribution in [2.45, 2.75) is 33.1 Å². The van der Waals surface area contributed by atoms with E-state index in [2.05, 4.69) is 32.9 Å². The Morgan fingerprint density at radius 1 is 1.29 bits per heavy atom. The molecule has 0 aromatic heterocycles. The van der Waals surface area contributed by atoms with Crippen molar-refractivity contribution in [2.24, 2.45) is 0 Å². The average molecular weight is 283 g/mol. The monoisotopic (exact) mass is 283 g/mol. The van der Waals surface area contributed by atoms with Gasteiger partial charge in [0.1, 0.15) is 11.6 Å². The van der Waals surface area contributed by atoms with Crippen LogP contribution in [0.5, 0.6) is 0 Å². The minimum atomic E-state index is -0.590. The first kappa shape index (κ1) is 16.7. The third-order valence-electron chi connectivity index (χ3n) is 2.94. The SMILES string of the molecule is CCOC(=O)C(C#N)=CC=Cc1ccc(C(C)(C)C)cc1. The Balaban J connectivity index is 2.81. The molecule has 0 unspecified atom stereocenters. The molecule has 0 spiro atoms. The lowest BCUT2D eigenvalue weighted by Gasteiger charge is -2.18. The summed E-state index contributed by atoms with van der Waals surface area (Å²) < 4.78 is 4.79. The first-order valence-electron chi connectivity index (χ1n) is 6.94. The lowest BCUT2D eigenvalue weighted by atomic mass is 9.87. The lowest BCUT2D eigenvalue weighted by Crippen LogP contribution is -2.10. The van der Waals surface area contributed by atoms with Crippen LogP contribution >= 0.6 is 0 Å². The molecule has 0 N–H and O–H groups in total. The number of carbonyl (C=O) groups is 1. The van der Waals surface area contributed by atoms with Gasteiger partial charge < -0.3 is 4.74 Å². The van der Waals surface area contributed by atoms with Crippen LogP contribution in [0.3, 0.4) is 0 Å². The fourth-order valence-corrected chi connectivity index (χ4v) is 1.71. The molecule has 0 fully saturated rings. The van der Waals surface area contributed by atoms with Gasteiger partial charge in [0, 0.05) is 0 Å². The fraction of sp³-hybridized carbons (Fsp3) is 0.333. The standard InChI is InChI=1S/C18H21NO2/c1-5-21-17(20)15(13-19)8-6-7-14-9-11-16(12-10-14)18(2,3)4/h6-12H,5H2,1-4H3. The summed E-state index contributed by atoms with van der Waals surface area (Å²) in [4.78, 5) is 11.4. The largest absolute Gasteiger partial charge is 0.462 e. The summed E-state index contributed by atoms with van der Waals surface area (Å²) in [6.07, 6.45) is 5.00. The van der Waals surface area contributed by atoms with Crippen molar-refractivity contribution in [1.29, 1.82) is 5.26 Å². The molecular formula is C18H21NO2. The van der Waals surface area contributed by atoms with E-state index in [0.29, 0.717) is 0 Å². The zero-order valence-electron chi connectivity index (χ0n) is 13.0. The summed E-state index contributed by atoms with van der Waals surface area (Å²) in [5.41, 5.74) is 2.40. The maximum absolute atomic E-state index is 11.4. The summed E-state index contributed by atoms with van der Waals surface area (Å²) in [6.45, 7) is 8.46. The molecule has 0 saturated heterocycles. The van der Waals surface area contributed by atoms with Crippen LogP contribution in [0.1, 0.15) is 38.8 Å². The molecule has 0 atom stereocenters. The Morgan fingerprint density at radius 3 is 2.38 bits per heavy atom. The van der Waals surface area contributed by atoms with Crippen molar-refractivity contribution >= 4 is 12.0 Å². The van der Waals surface area contributed by atoms with E-state index in [4.69, 9.17) is 10.00 Å². The second-order valence-electron chi connectivity index (χ2n) is 5.64. The van der Waals surface area contributed by atoms with Crippen LogP contribution in [0, 0.1) is 11.3 Å². The van der Waals surface area contributed by atoms with Crippen molar-refractivity contribution in [3.8, 4) is 6.07 Å². The van der Waals surface area contributed by atoms with Crippen LogP contribution in [0.4, 0.5) is 0 Å². The zero-order valence-corrected chi connectivity index (χ0v) is 13.0. The van der Waals surface area contributed by atoms with Gasteiger partial charge in [0.15, 0.2) is 0 Å². The van der Waals surface area contributed by atoms with E-state index in [-0.39, 0.29) is 17.6 Å². The van der Waals surface area contributed by atoms with Gasteiger partial charge in [-0.2, -0.15) is 5.26 Å². The summed E-state index contributed by atoms with van der Waals surface area (Å²) in [6, 6.07) is 10.0. The minimum absolute atomic E-state index is 0.000545. The molecule has 110 valence electrons. The van der Waals surface area contributed by atoms with Crippen LogP contribution in [-0.2, 0) is 14.9 Å². The molecule has 1 aromatic rings. The van der Waals surface area contributed by atoms with Gasteiger partial charge in [-0.1, -0.05) is 57.2 Å². The van der Waals surface area contributed by atoms with Gasteiger partial charge in [-0.05, 0) is 29.5 Å². The second kappa shape index (κ2) is 7.44. The number of allylic oxidation sites excluding steroid dienone is 2. The highest BCUT2D eigenvalue weighted by Crippen LogP contribution is 2.22. The Hall–Kier alpha value is -2.34. The van der Waals surface area contributed by atoms with Gasteiger partial charge in [0.2, 0.25) is 0 Å². The number of ether oxygens (including phenoxy) is 1. The molecule has 0 aliphatic heterocycles. The molecule has 0 amide bonds. The molecule has 0 saturated carbocycles. The number of nitrogens with zero attached hydrogens (tertiary/aromatic N) is 1. The highest BCUT2D eigenvalue weighted by atomic mass is 16.5. The van der Waals surface area contributed by atoms with Crippen molar-refractivity contribution in [3.63, 3.8) is 0 Å². The average Bonchev–Trinajstić information content (AvgIpc) is 2.43. The van der Waals surface area contributed by atoms with Gasteiger partial charge in [0.25, 0.3) is 0 Å². The summed E-state index contributed by atoms with van der Waals surface area (Å²) in [5.74, 6) is -0.590. The lowest BCUT2D eigenvalue weighted by molar-refractivity contribution is -0.138. The molecule has 3 heteroatoms. The molecular weight excluding hydrogens is 262 g/mol. The summed E-state index contributed by atoms with van der Waals surface area (Å²) in [7, 11) is 0. The van der Waals surface area contributed by atoms with E-state index in [1.807, 2.05) is 24.3 Å². The molecule has 0 bridgehead atoms. The molecule has 0 aliphatic rings. The summed E-state index contributed by atoms with van der Waals surface area (Å²) in [5, 5.41) is 8.89. The van der Waals surface area contributed by atoms with Gasteiger partial charge >= 0.3 is 5.97 Å². The van der Waals surface area contributed by atoms with Crippen molar-refractivity contribution < 1.29 is 9.53 Å². The first-order chi connectivity index (χ1) is 9.88. The van der Waals surface area contributed by atoms with Gasteiger partial charge in [0.05, 0.1) is 6.61 Å². The molecule has 3 nitrogen and oxygen atoms in total. The van der Waals surface area contributed by atoms with E-state index in [1.165, 1.54) is 11.6 Å². The van der Waals surface area contributed by atoms with E-state index in [9.17, 15) is 4.79 Å². The third-order valence-corrected chi connectivity index (χ3v) is 2.94. The second-order valence-corrected chi connectivity index (χ2v) is 5.64. The smallest absolute Gasteiger partial charge is 0.348 e. The van der Waals surface area contributed by atoms with Crippen molar-refractivity contribution in [2.75, 3.05) is 6.61 Å². The van der Waals surface area contributed by atoms with Gasteiger partial charge in [-0.15, -0.1) is 0 Å². The Labute approximate surface area is 126 Å². The van der Waals surface area contributed by atoms with Crippen LogP contribution in [0.25, 0.3) is 6.08 Å². The number of nitriles is 1. The number of benzene rings is 1. The van der Waals surface area contributed by atoms with Crippen molar-refractivity contribution in [1.82, 2.24) is 0 Å². The molecule has 21 heavy (non-hydrogen) atoms.